The second kappa shape index (κ2) is 4.58. The molecule has 0 bridgehead atoms. The first-order chi connectivity index (χ1) is 7.23. The van der Waals surface area contributed by atoms with Crippen molar-refractivity contribution >= 4 is 5.91 Å². The number of morpholine rings is 1. The van der Waals surface area contributed by atoms with Crippen LogP contribution < -0.4 is 5.73 Å². The monoisotopic (exact) mass is 240 g/mol. The highest BCUT2D eigenvalue weighted by Gasteiger charge is 2.38. The van der Waals surface area contributed by atoms with E-state index in [-0.39, 0.29) is 19.7 Å². The summed E-state index contributed by atoms with van der Waals surface area (Å²) in [4.78, 5) is 12.6. The minimum atomic E-state index is -4.18. The quantitative estimate of drug-likeness (QED) is 0.782. The minimum Gasteiger partial charge on any atom is -0.367 e. The van der Waals surface area contributed by atoms with Gasteiger partial charge in [0, 0.05) is 19.6 Å². The Hall–Kier alpha value is -0.820. The van der Waals surface area contributed by atoms with Crippen molar-refractivity contribution < 1.29 is 22.7 Å². The van der Waals surface area contributed by atoms with Gasteiger partial charge < -0.3 is 10.5 Å². The average molecular weight is 240 g/mol. The number of carbonyl (C=O) groups is 1. The Kier molecular flexibility index (Phi) is 3.80. The van der Waals surface area contributed by atoms with Gasteiger partial charge in [-0.2, -0.15) is 13.2 Å². The van der Waals surface area contributed by atoms with E-state index in [0.717, 1.165) is 0 Å². The van der Waals surface area contributed by atoms with Crippen LogP contribution in [-0.2, 0) is 9.53 Å². The summed E-state index contributed by atoms with van der Waals surface area (Å²) in [5.74, 6) is -0.649. The first-order valence-corrected chi connectivity index (χ1v) is 4.96. The maximum absolute atomic E-state index is 12.0. The van der Waals surface area contributed by atoms with Crippen molar-refractivity contribution in [2.24, 2.45) is 5.73 Å². The zero-order valence-corrected chi connectivity index (χ0v) is 9.01. The highest BCUT2D eigenvalue weighted by atomic mass is 19.4. The molecule has 1 rings (SSSR count). The van der Waals surface area contributed by atoms with Crippen LogP contribution in [0.3, 0.4) is 0 Å². The van der Waals surface area contributed by atoms with Gasteiger partial charge >= 0.3 is 6.18 Å². The van der Waals surface area contributed by atoms with Crippen LogP contribution in [0.4, 0.5) is 13.2 Å². The molecule has 0 aromatic rings. The van der Waals surface area contributed by atoms with E-state index in [1.54, 1.807) is 4.90 Å². The molecule has 1 saturated heterocycles. The van der Waals surface area contributed by atoms with Crippen molar-refractivity contribution in [3.63, 3.8) is 0 Å². The van der Waals surface area contributed by atoms with Crippen molar-refractivity contribution in [1.82, 2.24) is 4.90 Å². The van der Waals surface area contributed by atoms with Gasteiger partial charge in [-0.1, -0.05) is 0 Å². The number of hydrogen-bond donors (Lipinski definition) is 1. The molecule has 1 fully saturated rings. The molecule has 0 radical (unpaired) electrons. The topological polar surface area (TPSA) is 55.6 Å². The van der Waals surface area contributed by atoms with E-state index in [1.165, 1.54) is 6.92 Å². The van der Waals surface area contributed by atoms with Crippen molar-refractivity contribution in [2.75, 3.05) is 26.2 Å². The third-order valence-electron chi connectivity index (χ3n) is 2.59. The molecule has 1 aliphatic heterocycles. The first-order valence-electron chi connectivity index (χ1n) is 4.96. The van der Waals surface area contributed by atoms with E-state index < -0.39 is 24.1 Å². The second-order valence-electron chi connectivity index (χ2n) is 4.08. The Bertz CT molecular complexity index is 270. The lowest BCUT2D eigenvalue weighted by atomic mass is 10.0. The van der Waals surface area contributed by atoms with Crippen molar-refractivity contribution in [3.8, 4) is 0 Å². The molecular weight excluding hydrogens is 225 g/mol. The number of primary amides is 1. The molecule has 7 heteroatoms. The third kappa shape index (κ3) is 3.64. The molecule has 4 nitrogen and oxygen atoms in total. The fourth-order valence-corrected chi connectivity index (χ4v) is 1.58. The molecule has 1 amide bonds. The molecule has 1 atom stereocenters. The van der Waals surface area contributed by atoms with Gasteiger partial charge in [0.1, 0.15) is 0 Å². The summed E-state index contributed by atoms with van der Waals surface area (Å²) >= 11 is 0. The lowest BCUT2D eigenvalue weighted by Crippen LogP contribution is -2.57. The fraction of sp³-hybridized carbons (Fsp3) is 0.889. The van der Waals surface area contributed by atoms with Gasteiger partial charge in [-0.25, -0.2) is 0 Å². The number of alkyl halides is 3. The zero-order chi connectivity index (χ0) is 12.4. The summed E-state index contributed by atoms with van der Waals surface area (Å²) in [6, 6.07) is 0. The first kappa shape index (κ1) is 13.2. The second-order valence-corrected chi connectivity index (χ2v) is 4.08. The molecule has 0 spiro atoms. The maximum Gasteiger partial charge on any atom is 0.390 e. The Morgan fingerprint density at radius 2 is 2.19 bits per heavy atom. The number of nitrogens with zero attached hydrogens (tertiary/aromatic N) is 1. The smallest absolute Gasteiger partial charge is 0.367 e. The highest BCUT2D eigenvalue weighted by Crippen LogP contribution is 2.22. The van der Waals surface area contributed by atoms with E-state index in [4.69, 9.17) is 10.5 Å². The van der Waals surface area contributed by atoms with Gasteiger partial charge in [-0.15, -0.1) is 0 Å². The summed E-state index contributed by atoms with van der Waals surface area (Å²) in [5.41, 5.74) is 3.96. The zero-order valence-electron chi connectivity index (χ0n) is 9.01. The van der Waals surface area contributed by atoms with Gasteiger partial charge in [0.25, 0.3) is 5.91 Å². The molecule has 0 aromatic heterocycles. The van der Waals surface area contributed by atoms with Gasteiger partial charge in [0.05, 0.1) is 13.0 Å². The van der Waals surface area contributed by atoms with Gasteiger partial charge in [0.2, 0.25) is 0 Å². The fourth-order valence-electron chi connectivity index (χ4n) is 1.58. The van der Waals surface area contributed by atoms with Crippen molar-refractivity contribution in [1.29, 1.82) is 0 Å². The summed E-state index contributed by atoms with van der Waals surface area (Å²) in [5, 5.41) is 0. The molecule has 2 N–H and O–H groups in total. The lowest BCUT2D eigenvalue weighted by molar-refractivity contribution is -0.160. The summed E-state index contributed by atoms with van der Waals surface area (Å²) in [6.45, 7) is 2.08. The van der Waals surface area contributed by atoms with Crippen molar-refractivity contribution in [3.05, 3.63) is 0 Å². The minimum absolute atomic E-state index is 0.110. The molecule has 0 unspecified atom stereocenters. The molecule has 94 valence electrons. The molecular formula is C9H15F3N2O2. The molecule has 16 heavy (non-hydrogen) atoms. The molecule has 0 aromatic carbocycles. The molecule has 0 aliphatic carbocycles. The van der Waals surface area contributed by atoms with E-state index in [0.29, 0.717) is 6.54 Å². The number of halogens is 3. The Morgan fingerprint density at radius 1 is 1.56 bits per heavy atom. The van der Waals surface area contributed by atoms with Gasteiger partial charge in [0.15, 0.2) is 5.60 Å². The summed E-state index contributed by atoms with van der Waals surface area (Å²) < 4.78 is 41.2. The summed E-state index contributed by atoms with van der Waals surface area (Å²) in [6.07, 6.45) is -5.07. The van der Waals surface area contributed by atoms with Gasteiger partial charge in [-0.05, 0) is 6.92 Å². The van der Waals surface area contributed by atoms with Crippen LogP contribution in [0, 0.1) is 0 Å². The molecule has 1 aliphatic rings. The van der Waals surface area contributed by atoms with E-state index in [1.807, 2.05) is 0 Å². The van der Waals surface area contributed by atoms with Crippen molar-refractivity contribution in [2.45, 2.75) is 25.1 Å². The van der Waals surface area contributed by atoms with Crippen LogP contribution in [0.15, 0.2) is 0 Å². The third-order valence-corrected chi connectivity index (χ3v) is 2.59. The number of amides is 1. The van der Waals surface area contributed by atoms with Crippen LogP contribution in [0.1, 0.15) is 13.3 Å². The SMILES string of the molecule is C[C@@]1(C(N)=O)CN(CCC(F)(F)F)CCO1. The van der Waals surface area contributed by atoms with Crippen LogP contribution >= 0.6 is 0 Å². The number of carbonyl (C=O) groups excluding carboxylic acids is 1. The number of rotatable bonds is 3. The van der Waals surface area contributed by atoms with E-state index in [9.17, 15) is 18.0 Å². The Labute approximate surface area is 91.5 Å². The summed E-state index contributed by atoms with van der Waals surface area (Å²) in [7, 11) is 0. The highest BCUT2D eigenvalue weighted by molar-refractivity contribution is 5.83. The predicted octanol–water partition coefficient (Wildman–Crippen LogP) is 0.515. The average Bonchev–Trinajstić information content (AvgIpc) is 2.14. The van der Waals surface area contributed by atoms with Crippen LogP contribution in [0.2, 0.25) is 0 Å². The molecule has 0 saturated carbocycles. The number of nitrogens with two attached hydrogens (primary N) is 1. The largest absolute Gasteiger partial charge is 0.390 e. The lowest BCUT2D eigenvalue weighted by Gasteiger charge is -2.38. The van der Waals surface area contributed by atoms with E-state index >= 15 is 0 Å². The van der Waals surface area contributed by atoms with Crippen LogP contribution in [0.5, 0.6) is 0 Å². The number of hydrogen-bond acceptors (Lipinski definition) is 3. The standard InChI is InChI=1S/C9H15F3N2O2/c1-8(7(13)15)6-14(4-5-16-8)3-2-9(10,11)12/h2-6H2,1H3,(H2,13,15)/t8-/m0/s1. The maximum atomic E-state index is 12.0. The van der Waals surface area contributed by atoms with E-state index in [2.05, 4.69) is 0 Å². The van der Waals surface area contributed by atoms with Gasteiger partial charge in [-0.3, -0.25) is 9.69 Å². The number of ether oxygens (including phenoxy) is 1. The normalized spacial score (nSPS) is 28.0. The van der Waals surface area contributed by atoms with Crippen LogP contribution in [0.25, 0.3) is 0 Å². The Morgan fingerprint density at radius 3 is 2.69 bits per heavy atom. The van der Waals surface area contributed by atoms with Crippen LogP contribution in [-0.4, -0.2) is 48.8 Å². The predicted molar refractivity (Wildman–Crippen MR) is 50.7 cm³/mol. The Balaban J connectivity index is 2.48. The molecule has 1 heterocycles.